The Balaban J connectivity index is 0.000000238. The molecule has 0 saturated heterocycles. The molecule has 0 atom stereocenters. The smallest absolute Gasteiger partial charge is 0.260 e. The van der Waals surface area contributed by atoms with Crippen molar-refractivity contribution in [3.8, 4) is 23.0 Å². The minimum absolute atomic E-state index is 0.186. The fraction of sp³-hybridized carbons (Fsp3) is 0.280. The van der Waals surface area contributed by atoms with Crippen molar-refractivity contribution in [1.82, 2.24) is 0 Å². The minimum Gasteiger partial charge on any atom is -0.458 e. The molecule has 292 valence electrons. The van der Waals surface area contributed by atoms with Gasteiger partial charge in [0, 0.05) is 42.3 Å². The number of anilines is 4. The van der Waals surface area contributed by atoms with E-state index in [-0.39, 0.29) is 6.71 Å². The molecule has 0 aliphatic carbocycles. The molecule has 10 rings (SSSR count). The van der Waals surface area contributed by atoms with Gasteiger partial charge in [-0.05, 0) is 75.8 Å². The fourth-order valence-corrected chi connectivity index (χ4v) is 7.56. The zero-order chi connectivity index (χ0) is 41.4. The van der Waals surface area contributed by atoms with Gasteiger partial charge in [-0.3, -0.25) is 0 Å². The third-order valence-electron chi connectivity index (χ3n) is 9.50. The lowest BCUT2D eigenvalue weighted by Gasteiger charge is -2.41. The Morgan fingerprint density at radius 1 is 0.304 bits per heavy atom. The summed E-state index contributed by atoms with van der Waals surface area (Å²) in [6.07, 6.45) is 0. The van der Waals surface area contributed by atoms with E-state index >= 15 is 0 Å². The first-order valence-corrected chi connectivity index (χ1v) is 21.1. The molecular weight excluding hydrogens is 682 g/mol. The van der Waals surface area contributed by atoms with Crippen molar-refractivity contribution in [2.24, 2.45) is 0 Å². The number of benzene rings is 6. The van der Waals surface area contributed by atoms with Crippen LogP contribution in [0.1, 0.15) is 83.1 Å². The molecule has 0 radical (unpaired) electrons. The lowest BCUT2D eigenvalue weighted by atomic mass is 9.33. The summed E-state index contributed by atoms with van der Waals surface area (Å²) in [6, 6.07) is 46.7. The Morgan fingerprint density at radius 2 is 0.589 bits per heavy atom. The highest BCUT2D eigenvalue weighted by Crippen LogP contribution is 2.36. The van der Waals surface area contributed by atoms with E-state index in [9.17, 15) is 0 Å². The summed E-state index contributed by atoms with van der Waals surface area (Å²) in [5.41, 5.74) is 13.0. The standard InChI is InChI=1S/C20H17BN2.C18H11BO2.6C2H6/c1-22-16-10-5-3-8-14(16)21-15-9-4-6-11-17(15)23(2)19-13-7-12-18(22)20(19)21;1-3-8-14-12(6-1)19-13-7-2-4-9-15(13)21-17-11-5-10-16(20-14)18(17)19;6*1-2/h3-13H,1-2H3;1-11H;6*1-2H3. The Bertz CT molecular complexity index is 1970. The van der Waals surface area contributed by atoms with Crippen molar-refractivity contribution in [3.63, 3.8) is 0 Å². The second-order valence-corrected chi connectivity index (χ2v) is 11.8. The van der Waals surface area contributed by atoms with Crippen LogP contribution in [0.2, 0.25) is 0 Å². The van der Waals surface area contributed by atoms with Gasteiger partial charge in [0.05, 0.1) is 0 Å². The van der Waals surface area contributed by atoms with E-state index in [1.54, 1.807) is 0 Å². The maximum atomic E-state index is 6.06. The van der Waals surface area contributed by atoms with Crippen LogP contribution in [0.4, 0.5) is 22.7 Å². The maximum Gasteiger partial charge on any atom is 0.260 e. The maximum absolute atomic E-state index is 6.06. The van der Waals surface area contributed by atoms with Crippen LogP contribution in [0.3, 0.4) is 0 Å². The normalized spacial score (nSPS) is 11.5. The van der Waals surface area contributed by atoms with Gasteiger partial charge in [0.15, 0.2) is 0 Å². The molecule has 56 heavy (non-hydrogen) atoms. The Hall–Kier alpha value is -5.35. The third kappa shape index (κ3) is 8.40. The Kier molecular flexibility index (Phi) is 17.9. The van der Waals surface area contributed by atoms with E-state index in [0.29, 0.717) is 6.71 Å². The van der Waals surface area contributed by atoms with E-state index in [1.807, 2.05) is 126 Å². The molecule has 6 aromatic carbocycles. The van der Waals surface area contributed by atoms with Crippen molar-refractivity contribution >= 4 is 69.0 Å². The van der Waals surface area contributed by atoms with Crippen molar-refractivity contribution < 1.29 is 9.47 Å². The molecule has 0 amide bonds. The topological polar surface area (TPSA) is 24.9 Å². The van der Waals surface area contributed by atoms with Gasteiger partial charge in [0.25, 0.3) is 13.4 Å². The second kappa shape index (κ2) is 22.3. The molecule has 4 heterocycles. The summed E-state index contributed by atoms with van der Waals surface area (Å²) in [5, 5.41) is 0. The van der Waals surface area contributed by atoms with Crippen LogP contribution < -0.4 is 52.1 Å². The monoisotopic (exact) mass is 747 g/mol. The molecule has 4 nitrogen and oxygen atoms in total. The number of rotatable bonds is 0. The number of fused-ring (bicyclic) bond motifs is 8. The molecule has 4 aliphatic rings. The van der Waals surface area contributed by atoms with E-state index in [4.69, 9.17) is 9.47 Å². The summed E-state index contributed by atoms with van der Waals surface area (Å²) in [5.74, 6) is 3.66. The first-order chi connectivity index (χ1) is 27.7. The van der Waals surface area contributed by atoms with Crippen LogP contribution in [0, 0.1) is 0 Å². The number of hydrogen-bond acceptors (Lipinski definition) is 4. The Morgan fingerprint density at radius 3 is 1.00 bits per heavy atom. The first kappa shape index (κ1) is 45.0. The molecular formula is C50H64B2N2O2. The molecule has 0 unspecified atom stereocenters. The van der Waals surface area contributed by atoms with E-state index < -0.39 is 0 Å². The molecule has 0 N–H and O–H groups in total. The Labute approximate surface area is 340 Å². The molecule has 0 fully saturated rings. The molecule has 0 saturated carbocycles. The number of hydrogen-bond donors (Lipinski definition) is 0. The summed E-state index contributed by atoms with van der Waals surface area (Å²) < 4.78 is 12.1. The fourth-order valence-electron chi connectivity index (χ4n) is 7.56. The number of nitrogens with zero attached hydrogens (tertiary/aromatic N) is 2. The molecule has 6 aromatic rings. The summed E-state index contributed by atoms with van der Waals surface area (Å²) in [4.78, 5) is 4.65. The van der Waals surface area contributed by atoms with Gasteiger partial charge >= 0.3 is 0 Å². The van der Waals surface area contributed by atoms with E-state index in [1.165, 1.54) is 50.1 Å². The zero-order valence-electron chi connectivity index (χ0n) is 36.6. The first-order valence-electron chi connectivity index (χ1n) is 21.1. The van der Waals surface area contributed by atoms with Gasteiger partial charge in [-0.15, -0.1) is 0 Å². The van der Waals surface area contributed by atoms with E-state index in [0.717, 1.165) is 28.5 Å². The average Bonchev–Trinajstić information content (AvgIpc) is 3.30. The van der Waals surface area contributed by atoms with Gasteiger partial charge in [-0.2, -0.15) is 0 Å². The molecule has 6 heteroatoms. The van der Waals surface area contributed by atoms with Crippen molar-refractivity contribution in [2.45, 2.75) is 83.1 Å². The van der Waals surface area contributed by atoms with Gasteiger partial charge in [-0.1, -0.05) is 168 Å². The molecule has 0 aromatic heterocycles. The average molecular weight is 747 g/mol. The second-order valence-electron chi connectivity index (χ2n) is 11.8. The van der Waals surface area contributed by atoms with Crippen LogP contribution in [-0.4, -0.2) is 27.5 Å². The lowest BCUT2D eigenvalue weighted by molar-refractivity contribution is 0.464. The highest BCUT2D eigenvalue weighted by Gasteiger charge is 2.41. The van der Waals surface area contributed by atoms with Gasteiger partial charge in [0.1, 0.15) is 23.0 Å². The van der Waals surface area contributed by atoms with Gasteiger partial charge in [-0.25, -0.2) is 0 Å². The van der Waals surface area contributed by atoms with Crippen LogP contribution in [0.15, 0.2) is 133 Å². The summed E-state index contributed by atoms with van der Waals surface area (Å²) in [6.45, 7) is 24.5. The highest BCUT2D eigenvalue weighted by atomic mass is 16.5. The molecule has 0 spiro atoms. The van der Waals surface area contributed by atoms with Gasteiger partial charge in [0.2, 0.25) is 0 Å². The van der Waals surface area contributed by atoms with Crippen LogP contribution in [0.25, 0.3) is 0 Å². The number of ether oxygens (including phenoxy) is 2. The highest BCUT2D eigenvalue weighted by molar-refractivity contribution is 7.00. The minimum atomic E-state index is 0.186. The van der Waals surface area contributed by atoms with Crippen molar-refractivity contribution in [3.05, 3.63) is 133 Å². The molecule has 0 bridgehead atoms. The SMILES string of the molecule is CC.CC.CC.CC.CC.CC.CN1c2ccccc2B2c3ccccc3N(C)c3cccc1c32.c1ccc2c(c1)Oc1cccc3c1B2c1ccccc1O3. The predicted octanol–water partition coefficient (Wildman–Crippen LogP) is 10.9. The summed E-state index contributed by atoms with van der Waals surface area (Å²) >= 11 is 0. The van der Waals surface area contributed by atoms with Crippen LogP contribution in [-0.2, 0) is 0 Å². The van der Waals surface area contributed by atoms with Gasteiger partial charge < -0.3 is 19.3 Å². The number of para-hydroxylation sites is 4. The lowest BCUT2D eigenvalue weighted by Crippen LogP contribution is -2.61. The summed E-state index contributed by atoms with van der Waals surface area (Å²) in [7, 11) is 4.34. The zero-order valence-corrected chi connectivity index (χ0v) is 36.6. The van der Waals surface area contributed by atoms with Crippen molar-refractivity contribution in [2.75, 3.05) is 23.9 Å². The quantitative estimate of drug-likeness (QED) is 0.144. The predicted molar refractivity (Wildman–Crippen MR) is 252 cm³/mol. The van der Waals surface area contributed by atoms with Crippen LogP contribution in [0.5, 0.6) is 23.0 Å². The van der Waals surface area contributed by atoms with Crippen molar-refractivity contribution in [1.29, 1.82) is 0 Å². The molecule has 4 aliphatic heterocycles. The van der Waals surface area contributed by atoms with E-state index in [2.05, 4.69) is 115 Å². The van der Waals surface area contributed by atoms with Crippen LogP contribution >= 0.6 is 0 Å². The third-order valence-corrected chi connectivity index (χ3v) is 9.50. The largest absolute Gasteiger partial charge is 0.458 e.